The number of Topliss-reactive ketones (excluding diaryl/α,β-unsaturated/α-hetero) is 1. The van der Waals surface area contributed by atoms with Gasteiger partial charge in [-0.2, -0.15) is 0 Å². The van der Waals surface area contributed by atoms with Crippen molar-refractivity contribution in [1.29, 1.82) is 0 Å². The van der Waals surface area contributed by atoms with E-state index < -0.39 is 23.1 Å². The maximum atomic E-state index is 13.0. The lowest BCUT2D eigenvalue weighted by Crippen LogP contribution is -2.56. The van der Waals surface area contributed by atoms with Crippen LogP contribution in [-0.2, 0) is 14.4 Å². The van der Waals surface area contributed by atoms with E-state index in [2.05, 4.69) is 19.6 Å². The summed E-state index contributed by atoms with van der Waals surface area (Å²) in [6.45, 7) is 7.88. The first-order chi connectivity index (χ1) is 13.2. The average Bonchev–Trinajstić information content (AvgIpc) is 2.68. The summed E-state index contributed by atoms with van der Waals surface area (Å²) in [5.41, 5.74) is 0.229. The summed E-state index contributed by atoms with van der Waals surface area (Å²) in [4.78, 5) is 39.8. The van der Waals surface area contributed by atoms with Gasteiger partial charge in [0.2, 0.25) is 10.9 Å². The number of ketones is 1. The number of halogens is 1. The second-order valence-corrected chi connectivity index (χ2v) is 9.04. The summed E-state index contributed by atoms with van der Waals surface area (Å²) < 4.78 is 0. The van der Waals surface area contributed by atoms with E-state index in [-0.39, 0.29) is 17.0 Å². The number of thiol groups is 1. The van der Waals surface area contributed by atoms with Crippen molar-refractivity contribution in [3.8, 4) is 0 Å². The third-order valence-electron chi connectivity index (χ3n) is 6.15. The molecule has 1 heterocycles. The Morgan fingerprint density at radius 2 is 1.89 bits per heavy atom. The highest BCUT2D eigenvalue weighted by Crippen LogP contribution is 2.41. The average molecular weight is 424 g/mol. The Morgan fingerprint density at radius 3 is 2.43 bits per heavy atom. The molecule has 4 nitrogen and oxygen atoms in total. The van der Waals surface area contributed by atoms with Crippen LogP contribution in [0.4, 0.5) is 0 Å². The minimum absolute atomic E-state index is 0.0136. The van der Waals surface area contributed by atoms with Crippen LogP contribution < -0.4 is 0 Å². The Morgan fingerprint density at radius 1 is 1.25 bits per heavy atom. The van der Waals surface area contributed by atoms with E-state index in [1.807, 2.05) is 31.2 Å². The predicted molar refractivity (Wildman–Crippen MR) is 116 cm³/mol. The van der Waals surface area contributed by atoms with Crippen molar-refractivity contribution in [3.05, 3.63) is 34.9 Å². The van der Waals surface area contributed by atoms with Gasteiger partial charge < -0.3 is 4.90 Å². The second-order valence-electron chi connectivity index (χ2n) is 8.19. The van der Waals surface area contributed by atoms with Crippen LogP contribution in [0.15, 0.2) is 24.3 Å². The minimum atomic E-state index is -0.749. The summed E-state index contributed by atoms with van der Waals surface area (Å²) in [6.07, 6.45) is 2.87. The monoisotopic (exact) mass is 423 g/mol. The summed E-state index contributed by atoms with van der Waals surface area (Å²) in [5.74, 6) is -1.12. The number of likely N-dealkylation sites (tertiary alicyclic amines) is 1. The van der Waals surface area contributed by atoms with Crippen LogP contribution in [0.25, 0.3) is 0 Å². The van der Waals surface area contributed by atoms with Crippen LogP contribution in [0.5, 0.6) is 0 Å². The van der Waals surface area contributed by atoms with E-state index in [1.165, 1.54) is 4.90 Å². The normalized spacial score (nSPS) is 21.3. The van der Waals surface area contributed by atoms with Gasteiger partial charge in [0.05, 0.1) is 0 Å². The number of benzene rings is 1. The third kappa shape index (κ3) is 4.62. The van der Waals surface area contributed by atoms with Gasteiger partial charge in [-0.1, -0.05) is 57.5 Å². The molecule has 1 aliphatic rings. The van der Waals surface area contributed by atoms with Crippen LogP contribution in [-0.4, -0.2) is 34.3 Å². The zero-order valence-electron chi connectivity index (χ0n) is 17.1. The van der Waals surface area contributed by atoms with Gasteiger partial charge in [-0.05, 0) is 49.1 Å². The molecule has 1 saturated heterocycles. The molecule has 0 saturated carbocycles. The molecule has 1 aliphatic heterocycles. The lowest BCUT2D eigenvalue weighted by Gasteiger charge is -2.43. The van der Waals surface area contributed by atoms with E-state index in [0.717, 1.165) is 24.8 Å². The first kappa shape index (κ1) is 23.0. The maximum Gasteiger partial charge on any atom is 0.291 e. The van der Waals surface area contributed by atoms with Crippen LogP contribution in [0, 0.1) is 11.3 Å². The molecular formula is C22H30ClNO3S. The standard InChI is InChI=1S/C22H30ClNO3S/c1-5-14(15-10-7-8-12-17(15)23)16-11-9-13-24(18(16)21(27)28)20(26)19(25)22(3,4)6-2/h7-8,10,12,14,16,18H,5-6,9,11,13H2,1-4H3,(H,27,28). The second kappa shape index (κ2) is 9.45. The quantitative estimate of drug-likeness (QED) is 0.501. The van der Waals surface area contributed by atoms with E-state index in [4.69, 9.17) is 11.6 Å². The van der Waals surface area contributed by atoms with Crippen molar-refractivity contribution >= 4 is 41.0 Å². The number of rotatable bonds is 7. The molecule has 0 N–H and O–H groups in total. The SMILES string of the molecule is CCC(c1ccccc1Cl)C1CCCN(C(=O)C(=O)C(C)(C)CC)C1C(=O)S. The Hall–Kier alpha value is -1.33. The molecule has 0 aliphatic carbocycles. The molecule has 1 aromatic carbocycles. The van der Waals surface area contributed by atoms with Crippen LogP contribution in [0.3, 0.4) is 0 Å². The van der Waals surface area contributed by atoms with Gasteiger partial charge in [0.25, 0.3) is 5.91 Å². The molecule has 154 valence electrons. The molecule has 1 fully saturated rings. The van der Waals surface area contributed by atoms with E-state index in [9.17, 15) is 14.4 Å². The third-order valence-corrected chi connectivity index (χ3v) is 6.75. The van der Waals surface area contributed by atoms with Gasteiger partial charge in [0, 0.05) is 17.0 Å². The van der Waals surface area contributed by atoms with Gasteiger partial charge in [0.15, 0.2) is 0 Å². The van der Waals surface area contributed by atoms with Crippen molar-refractivity contribution in [3.63, 3.8) is 0 Å². The van der Waals surface area contributed by atoms with Crippen LogP contribution >= 0.6 is 24.2 Å². The Balaban J connectivity index is 2.41. The van der Waals surface area contributed by atoms with Gasteiger partial charge in [0.1, 0.15) is 6.04 Å². The molecular weight excluding hydrogens is 394 g/mol. The van der Waals surface area contributed by atoms with Crippen molar-refractivity contribution < 1.29 is 14.4 Å². The van der Waals surface area contributed by atoms with Crippen LogP contribution in [0.2, 0.25) is 5.02 Å². The number of hydrogen-bond acceptors (Lipinski definition) is 3. The fraction of sp³-hybridized carbons (Fsp3) is 0.591. The van der Waals surface area contributed by atoms with E-state index in [0.29, 0.717) is 18.0 Å². The molecule has 1 aromatic rings. The van der Waals surface area contributed by atoms with Gasteiger partial charge in [-0.15, -0.1) is 12.6 Å². The molecule has 3 unspecified atom stereocenters. The number of nitrogens with zero attached hydrogens (tertiary/aromatic N) is 1. The highest BCUT2D eigenvalue weighted by atomic mass is 35.5. The number of hydrogen-bond donors (Lipinski definition) is 1. The van der Waals surface area contributed by atoms with Crippen molar-refractivity contribution in [1.82, 2.24) is 4.90 Å². The van der Waals surface area contributed by atoms with E-state index >= 15 is 0 Å². The molecule has 0 radical (unpaired) electrons. The van der Waals surface area contributed by atoms with E-state index in [1.54, 1.807) is 13.8 Å². The number of piperidine rings is 1. The topological polar surface area (TPSA) is 54.5 Å². The summed E-state index contributed by atoms with van der Waals surface area (Å²) in [7, 11) is 0. The summed E-state index contributed by atoms with van der Waals surface area (Å²) in [5, 5.41) is 0.289. The first-order valence-corrected chi connectivity index (χ1v) is 10.8. The minimum Gasteiger partial charge on any atom is -0.325 e. The van der Waals surface area contributed by atoms with Crippen molar-refractivity contribution in [2.75, 3.05) is 6.54 Å². The van der Waals surface area contributed by atoms with Gasteiger partial charge in [-0.3, -0.25) is 14.4 Å². The number of carbonyl (C=O) groups excluding carboxylic acids is 3. The van der Waals surface area contributed by atoms with Crippen molar-refractivity contribution in [2.24, 2.45) is 11.3 Å². The fourth-order valence-electron chi connectivity index (χ4n) is 4.10. The Kier molecular flexibility index (Phi) is 7.74. The molecule has 2 rings (SSSR count). The van der Waals surface area contributed by atoms with Crippen LogP contribution in [0.1, 0.15) is 64.9 Å². The zero-order chi connectivity index (χ0) is 21.1. The van der Waals surface area contributed by atoms with Gasteiger partial charge in [-0.25, -0.2) is 0 Å². The predicted octanol–water partition coefficient (Wildman–Crippen LogP) is 4.90. The maximum absolute atomic E-state index is 13.0. The molecule has 1 amide bonds. The molecule has 3 atom stereocenters. The summed E-state index contributed by atoms with van der Waals surface area (Å²) >= 11 is 10.5. The van der Waals surface area contributed by atoms with Gasteiger partial charge >= 0.3 is 0 Å². The first-order valence-electron chi connectivity index (χ1n) is 9.98. The zero-order valence-corrected chi connectivity index (χ0v) is 18.7. The Bertz CT molecular complexity index is 749. The Labute approximate surface area is 178 Å². The lowest BCUT2D eigenvalue weighted by molar-refractivity contribution is -0.154. The molecule has 0 bridgehead atoms. The largest absolute Gasteiger partial charge is 0.325 e. The summed E-state index contributed by atoms with van der Waals surface area (Å²) in [6, 6.07) is 6.91. The molecule has 0 spiro atoms. The molecule has 0 aromatic heterocycles. The highest BCUT2D eigenvalue weighted by molar-refractivity contribution is 7.96. The molecule has 28 heavy (non-hydrogen) atoms. The fourth-order valence-corrected chi connectivity index (χ4v) is 4.71. The number of amides is 1. The lowest BCUT2D eigenvalue weighted by atomic mass is 9.74. The molecule has 6 heteroatoms. The van der Waals surface area contributed by atoms with Crippen molar-refractivity contribution in [2.45, 2.75) is 65.3 Å². The smallest absolute Gasteiger partial charge is 0.291 e. The highest BCUT2D eigenvalue weighted by Gasteiger charge is 2.45. The number of carbonyl (C=O) groups is 3.